The zero-order valence-corrected chi connectivity index (χ0v) is 14.5. The summed E-state index contributed by atoms with van der Waals surface area (Å²) in [5.74, 6) is -0.0370. The molecular formula is C19H24N2O3. The first-order valence-corrected chi connectivity index (χ1v) is 8.45. The van der Waals surface area contributed by atoms with Crippen LogP contribution >= 0.6 is 0 Å². The molecule has 1 saturated heterocycles. The fourth-order valence-electron chi connectivity index (χ4n) is 3.23. The second kappa shape index (κ2) is 6.77. The predicted molar refractivity (Wildman–Crippen MR) is 94.1 cm³/mol. The van der Waals surface area contributed by atoms with Crippen LogP contribution in [0.4, 0.5) is 0 Å². The van der Waals surface area contributed by atoms with E-state index in [1.54, 1.807) is 4.90 Å². The van der Waals surface area contributed by atoms with Gasteiger partial charge in [-0.2, -0.15) is 0 Å². The van der Waals surface area contributed by atoms with E-state index in [9.17, 15) is 9.59 Å². The average Bonchev–Trinajstić information content (AvgIpc) is 3.05. The number of carbonyl (C=O) groups excluding carboxylic acids is 1. The molecule has 0 unspecified atom stereocenters. The molecule has 2 heterocycles. The quantitative estimate of drug-likeness (QED) is 0.938. The molecule has 0 spiro atoms. The van der Waals surface area contributed by atoms with E-state index in [4.69, 9.17) is 4.74 Å². The molecule has 5 heteroatoms. The van der Waals surface area contributed by atoms with Crippen molar-refractivity contribution < 1.29 is 9.53 Å². The highest BCUT2D eigenvalue weighted by atomic mass is 16.5. The van der Waals surface area contributed by atoms with Crippen LogP contribution in [0.15, 0.2) is 23.0 Å². The number of nitrogens with zero attached hydrogens (tertiary/aromatic N) is 1. The van der Waals surface area contributed by atoms with Crippen molar-refractivity contribution in [2.75, 3.05) is 13.2 Å². The van der Waals surface area contributed by atoms with E-state index in [0.717, 1.165) is 41.5 Å². The number of hydrogen-bond acceptors (Lipinski definition) is 3. The van der Waals surface area contributed by atoms with Crippen molar-refractivity contribution in [3.05, 3.63) is 45.2 Å². The molecule has 1 aliphatic rings. The minimum Gasteiger partial charge on any atom is -0.376 e. The molecule has 1 fully saturated rings. The SMILES string of the molecule is CC(=O)N(Cc1cc2ccc(C)c(C)c2[nH]c1=O)C[C@H]1CCCO1. The molecule has 1 aromatic carbocycles. The van der Waals surface area contributed by atoms with Crippen molar-refractivity contribution in [2.24, 2.45) is 0 Å². The summed E-state index contributed by atoms with van der Waals surface area (Å²) in [7, 11) is 0. The maximum Gasteiger partial charge on any atom is 0.253 e. The van der Waals surface area contributed by atoms with Crippen LogP contribution < -0.4 is 5.56 Å². The highest BCUT2D eigenvalue weighted by Gasteiger charge is 2.21. The molecule has 3 rings (SSSR count). The third-order valence-electron chi connectivity index (χ3n) is 4.88. The van der Waals surface area contributed by atoms with E-state index in [0.29, 0.717) is 18.7 Å². The summed E-state index contributed by atoms with van der Waals surface area (Å²) in [6.07, 6.45) is 2.08. The van der Waals surface area contributed by atoms with Crippen LogP contribution in [0.1, 0.15) is 36.5 Å². The van der Waals surface area contributed by atoms with Gasteiger partial charge in [0.15, 0.2) is 0 Å². The standard InChI is InChI=1S/C19H24N2O3/c1-12-6-7-15-9-16(19(23)20-18(15)13(12)2)10-21(14(3)22)11-17-5-4-8-24-17/h6-7,9,17H,4-5,8,10-11H2,1-3H3,(H,20,23)/t17-/m1/s1. The number of hydrogen-bond donors (Lipinski definition) is 1. The molecule has 1 aliphatic heterocycles. The van der Waals surface area contributed by atoms with E-state index in [1.807, 2.05) is 26.0 Å². The Balaban J connectivity index is 1.90. The molecular weight excluding hydrogens is 304 g/mol. The number of amides is 1. The zero-order valence-electron chi connectivity index (χ0n) is 14.5. The minimum absolute atomic E-state index is 0.0370. The van der Waals surface area contributed by atoms with Gasteiger partial charge in [0.2, 0.25) is 5.91 Å². The number of aromatic nitrogens is 1. The number of ether oxygens (including phenoxy) is 1. The predicted octanol–water partition coefficient (Wildman–Crippen LogP) is 2.67. The van der Waals surface area contributed by atoms with Gasteiger partial charge in [0.1, 0.15) is 0 Å². The van der Waals surface area contributed by atoms with Crippen molar-refractivity contribution in [3.8, 4) is 0 Å². The Morgan fingerprint density at radius 3 is 2.83 bits per heavy atom. The number of pyridine rings is 1. The second-order valence-corrected chi connectivity index (χ2v) is 6.63. The summed E-state index contributed by atoms with van der Waals surface area (Å²) < 4.78 is 5.62. The smallest absolute Gasteiger partial charge is 0.253 e. The first-order chi connectivity index (χ1) is 11.5. The van der Waals surface area contributed by atoms with Crippen LogP contribution in [-0.4, -0.2) is 35.0 Å². The van der Waals surface area contributed by atoms with Crippen molar-refractivity contribution in [1.82, 2.24) is 9.88 Å². The lowest BCUT2D eigenvalue weighted by atomic mass is 10.0. The van der Waals surface area contributed by atoms with Gasteiger partial charge in [-0.15, -0.1) is 0 Å². The lowest BCUT2D eigenvalue weighted by Crippen LogP contribution is -2.36. The highest BCUT2D eigenvalue weighted by molar-refractivity contribution is 5.83. The Kier molecular flexibility index (Phi) is 4.71. The molecule has 1 aromatic heterocycles. The largest absolute Gasteiger partial charge is 0.376 e. The normalized spacial score (nSPS) is 17.4. The van der Waals surface area contributed by atoms with Gasteiger partial charge in [-0.05, 0) is 49.3 Å². The van der Waals surface area contributed by atoms with Crippen LogP contribution in [0.5, 0.6) is 0 Å². The number of carbonyl (C=O) groups is 1. The Morgan fingerprint density at radius 2 is 2.17 bits per heavy atom. The summed E-state index contributed by atoms with van der Waals surface area (Å²) in [4.78, 5) is 29.1. The van der Waals surface area contributed by atoms with Gasteiger partial charge in [0.25, 0.3) is 5.56 Å². The average molecular weight is 328 g/mol. The Labute approximate surface area is 141 Å². The van der Waals surface area contributed by atoms with E-state index >= 15 is 0 Å². The fraction of sp³-hybridized carbons (Fsp3) is 0.474. The maximum atomic E-state index is 12.5. The van der Waals surface area contributed by atoms with Gasteiger partial charge in [0, 0.05) is 25.6 Å². The molecule has 24 heavy (non-hydrogen) atoms. The summed E-state index contributed by atoms with van der Waals surface area (Å²) in [6.45, 7) is 7.18. The van der Waals surface area contributed by atoms with Crippen LogP contribution in [0, 0.1) is 13.8 Å². The van der Waals surface area contributed by atoms with Gasteiger partial charge >= 0.3 is 0 Å². The number of benzene rings is 1. The summed E-state index contributed by atoms with van der Waals surface area (Å²) in [5, 5.41) is 0.994. The number of H-pyrrole nitrogens is 1. The van der Waals surface area contributed by atoms with Crippen LogP contribution in [0.25, 0.3) is 10.9 Å². The van der Waals surface area contributed by atoms with Gasteiger partial charge in [-0.1, -0.05) is 12.1 Å². The van der Waals surface area contributed by atoms with Crippen molar-refractivity contribution >= 4 is 16.8 Å². The molecule has 0 radical (unpaired) electrons. The molecule has 1 N–H and O–H groups in total. The number of aromatic amines is 1. The van der Waals surface area contributed by atoms with E-state index < -0.39 is 0 Å². The Morgan fingerprint density at radius 1 is 1.38 bits per heavy atom. The third kappa shape index (κ3) is 3.36. The topological polar surface area (TPSA) is 62.4 Å². The van der Waals surface area contributed by atoms with Crippen molar-refractivity contribution in [3.63, 3.8) is 0 Å². The van der Waals surface area contributed by atoms with Crippen LogP contribution in [0.3, 0.4) is 0 Å². The molecule has 0 bridgehead atoms. The lowest BCUT2D eigenvalue weighted by Gasteiger charge is -2.24. The molecule has 128 valence electrons. The fourth-order valence-corrected chi connectivity index (χ4v) is 3.23. The molecule has 1 atom stereocenters. The minimum atomic E-state index is -0.130. The van der Waals surface area contributed by atoms with E-state index in [2.05, 4.69) is 11.1 Å². The van der Waals surface area contributed by atoms with Gasteiger partial charge in [-0.25, -0.2) is 0 Å². The molecule has 1 amide bonds. The van der Waals surface area contributed by atoms with E-state index in [-0.39, 0.29) is 17.6 Å². The summed E-state index contributed by atoms with van der Waals surface area (Å²) >= 11 is 0. The third-order valence-corrected chi connectivity index (χ3v) is 4.88. The number of nitrogens with one attached hydrogen (secondary N) is 1. The van der Waals surface area contributed by atoms with Crippen LogP contribution in [-0.2, 0) is 16.1 Å². The molecule has 5 nitrogen and oxygen atoms in total. The summed E-state index contributed by atoms with van der Waals surface area (Å²) in [5.41, 5.74) is 3.58. The lowest BCUT2D eigenvalue weighted by molar-refractivity contribution is -0.131. The number of fused-ring (bicyclic) bond motifs is 1. The highest BCUT2D eigenvalue weighted by Crippen LogP contribution is 2.20. The van der Waals surface area contributed by atoms with Gasteiger partial charge < -0.3 is 14.6 Å². The van der Waals surface area contributed by atoms with Crippen molar-refractivity contribution in [1.29, 1.82) is 0 Å². The zero-order chi connectivity index (χ0) is 17.3. The van der Waals surface area contributed by atoms with Crippen molar-refractivity contribution in [2.45, 2.75) is 46.3 Å². The maximum absolute atomic E-state index is 12.5. The molecule has 0 aliphatic carbocycles. The van der Waals surface area contributed by atoms with Gasteiger partial charge in [0.05, 0.1) is 18.2 Å². The first-order valence-electron chi connectivity index (χ1n) is 8.45. The first kappa shape index (κ1) is 16.7. The number of rotatable bonds is 4. The Hall–Kier alpha value is -2.14. The van der Waals surface area contributed by atoms with Gasteiger partial charge in [-0.3, -0.25) is 9.59 Å². The van der Waals surface area contributed by atoms with Crippen LogP contribution in [0.2, 0.25) is 0 Å². The monoisotopic (exact) mass is 328 g/mol. The Bertz CT molecular complexity index is 819. The molecule has 2 aromatic rings. The summed E-state index contributed by atoms with van der Waals surface area (Å²) in [6, 6.07) is 5.95. The number of aryl methyl sites for hydroxylation is 2. The molecule has 0 saturated carbocycles. The van der Waals surface area contributed by atoms with E-state index in [1.165, 1.54) is 6.92 Å². The second-order valence-electron chi connectivity index (χ2n) is 6.63.